The molecule has 0 amide bonds. The lowest BCUT2D eigenvalue weighted by Gasteiger charge is -2.02. The average molecular weight is 300 g/mol. The van der Waals surface area contributed by atoms with Gasteiger partial charge in [0.25, 0.3) is 11.4 Å². The summed E-state index contributed by atoms with van der Waals surface area (Å²) >= 11 is 0. The van der Waals surface area contributed by atoms with Gasteiger partial charge in [0.2, 0.25) is 0 Å². The molecule has 0 bridgehead atoms. The van der Waals surface area contributed by atoms with Crippen LogP contribution < -0.4 is 4.74 Å². The van der Waals surface area contributed by atoms with E-state index in [4.69, 9.17) is 4.74 Å². The number of ether oxygens (including phenoxy) is 1. The molecule has 0 aromatic heterocycles. The summed E-state index contributed by atoms with van der Waals surface area (Å²) in [6.07, 6.45) is 2.95. The minimum atomic E-state index is -0.526. The molecule has 0 heterocycles. The van der Waals surface area contributed by atoms with Gasteiger partial charge in [-0.2, -0.15) is 0 Å². The molecule has 2 rings (SSSR count). The van der Waals surface area contributed by atoms with E-state index in [0.717, 1.165) is 0 Å². The number of rotatable bonds is 5. The minimum absolute atomic E-state index is 0.0603. The monoisotopic (exact) mass is 300 g/mol. The van der Waals surface area contributed by atoms with Crippen molar-refractivity contribution < 1.29 is 14.6 Å². The first-order chi connectivity index (χ1) is 10.5. The van der Waals surface area contributed by atoms with Gasteiger partial charge in [-0.05, 0) is 30.4 Å². The molecule has 2 aromatic carbocycles. The molecule has 0 aliphatic carbocycles. The molecule has 0 atom stereocenters. The SMILES string of the molecule is COc1ccc(/C=C/c2ccccc2[N+](=O)[O-])c([N+](=O)[O-])c1. The fourth-order valence-corrected chi connectivity index (χ4v) is 1.92. The second-order valence-corrected chi connectivity index (χ2v) is 4.33. The van der Waals surface area contributed by atoms with Gasteiger partial charge in [0.15, 0.2) is 0 Å². The van der Waals surface area contributed by atoms with E-state index in [2.05, 4.69) is 0 Å². The largest absolute Gasteiger partial charge is 0.497 e. The molecule has 0 saturated heterocycles. The van der Waals surface area contributed by atoms with Crippen molar-refractivity contribution in [1.82, 2.24) is 0 Å². The van der Waals surface area contributed by atoms with E-state index in [-0.39, 0.29) is 11.4 Å². The van der Waals surface area contributed by atoms with Gasteiger partial charge in [0, 0.05) is 6.07 Å². The predicted molar refractivity (Wildman–Crippen MR) is 81.7 cm³/mol. The summed E-state index contributed by atoms with van der Waals surface area (Å²) in [5, 5.41) is 22.0. The van der Waals surface area contributed by atoms with Crippen LogP contribution in [0.1, 0.15) is 11.1 Å². The average Bonchev–Trinajstić information content (AvgIpc) is 2.52. The maximum Gasteiger partial charge on any atom is 0.280 e. The van der Waals surface area contributed by atoms with Gasteiger partial charge < -0.3 is 4.74 Å². The fraction of sp³-hybridized carbons (Fsp3) is 0.0667. The van der Waals surface area contributed by atoms with Crippen molar-refractivity contribution >= 4 is 23.5 Å². The standard InChI is InChI=1S/C15H12N2O5/c1-22-13-9-8-12(15(10-13)17(20)21)7-6-11-4-2-3-5-14(11)16(18)19/h2-10H,1H3/b7-6+. The summed E-state index contributed by atoms with van der Waals surface area (Å²) in [4.78, 5) is 21.0. The molecular formula is C15H12N2O5. The van der Waals surface area contributed by atoms with Crippen molar-refractivity contribution in [3.8, 4) is 5.75 Å². The number of benzene rings is 2. The van der Waals surface area contributed by atoms with E-state index in [0.29, 0.717) is 16.9 Å². The van der Waals surface area contributed by atoms with E-state index in [1.165, 1.54) is 37.5 Å². The van der Waals surface area contributed by atoms with Crippen LogP contribution in [-0.2, 0) is 0 Å². The summed E-state index contributed by atoms with van der Waals surface area (Å²) in [7, 11) is 1.42. The van der Waals surface area contributed by atoms with Crippen molar-refractivity contribution in [1.29, 1.82) is 0 Å². The molecule has 7 nitrogen and oxygen atoms in total. The summed E-state index contributed by atoms with van der Waals surface area (Å²) in [5.74, 6) is 0.370. The fourth-order valence-electron chi connectivity index (χ4n) is 1.92. The van der Waals surface area contributed by atoms with Gasteiger partial charge >= 0.3 is 0 Å². The smallest absolute Gasteiger partial charge is 0.280 e. The maximum absolute atomic E-state index is 11.1. The second kappa shape index (κ2) is 6.49. The molecule has 2 aromatic rings. The van der Waals surface area contributed by atoms with Crippen LogP contribution in [0, 0.1) is 20.2 Å². The molecule has 0 fully saturated rings. The van der Waals surface area contributed by atoms with Gasteiger partial charge in [0.1, 0.15) is 5.75 Å². The Kier molecular flexibility index (Phi) is 4.47. The maximum atomic E-state index is 11.1. The molecule has 7 heteroatoms. The highest BCUT2D eigenvalue weighted by Gasteiger charge is 2.14. The van der Waals surface area contributed by atoms with Crippen LogP contribution in [0.5, 0.6) is 5.75 Å². The highest BCUT2D eigenvalue weighted by molar-refractivity contribution is 5.77. The molecule has 0 radical (unpaired) electrons. The highest BCUT2D eigenvalue weighted by atomic mass is 16.6. The minimum Gasteiger partial charge on any atom is -0.497 e. The number of para-hydroxylation sites is 1. The Labute approximate surface area is 125 Å². The molecule has 0 aliphatic rings. The first kappa shape index (κ1) is 15.2. The summed E-state index contributed by atoms with van der Waals surface area (Å²) in [5.41, 5.74) is 0.519. The van der Waals surface area contributed by atoms with Crippen molar-refractivity contribution in [2.24, 2.45) is 0 Å². The van der Waals surface area contributed by atoms with Crippen molar-refractivity contribution in [2.45, 2.75) is 0 Å². The van der Waals surface area contributed by atoms with E-state index in [1.807, 2.05) is 0 Å². The number of hydrogen-bond acceptors (Lipinski definition) is 5. The van der Waals surface area contributed by atoms with Crippen LogP contribution in [0.4, 0.5) is 11.4 Å². The molecule has 0 N–H and O–H groups in total. The van der Waals surface area contributed by atoms with Gasteiger partial charge in [0.05, 0.1) is 34.1 Å². The number of methoxy groups -OCH3 is 1. The summed E-state index contributed by atoms with van der Waals surface area (Å²) < 4.78 is 4.96. The van der Waals surface area contributed by atoms with Gasteiger partial charge in [-0.25, -0.2) is 0 Å². The third-order valence-corrected chi connectivity index (χ3v) is 3.01. The van der Waals surface area contributed by atoms with E-state index >= 15 is 0 Å². The number of nitro benzene ring substituents is 2. The summed E-state index contributed by atoms with van der Waals surface area (Å²) in [6, 6.07) is 10.6. The Morgan fingerprint density at radius 1 is 0.909 bits per heavy atom. The lowest BCUT2D eigenvalue weighted by Crippen LogP contribution is -1.93. The first-order valence-electron chi connectivity index (χ1n) is 6.27. The quantitative estimate of drug-likeness (QED) is 0.476. The predicted octanol–water partition coefficient (Wildman–Crippen LogP) is 3.68. The lowest BCUT2D eigenvalue weighted by atomic mass is 10.1. The van der Waals surface area contributed by atoms with Gasteiger partial charge in [-0.3, -0.25) is 20.2 Å². The third kappa shape index (κ3) is 3.26. The molecule has 22 heavy (non-hydrogen) atoms. The Morgan fingerprint density at radius 3 is 2.09 bits per heavy atom. The van der Waals surface area contributed by atoms with Crippen LogP contribution >= 0.6 is 0 Å². The van der Waals surface area contributed by atoms with Crippen LogP contribution in [0.15, 0.2) is 42.5 Å². The number of nitrogens with zero attached hydrogens (tertiary/aromatic N) is 2. The van der Waals surface area contributed by atoms with Crippen LogP contribution in [0.2, 0.25) is 0 Å². The van der Waals surface area contributed by atoms with Gasteiger partial charge in [-0.15, -0.1) is 0 Å². The molecule has 0 aliphatic heterocycles. The zero-order valence-electron chi connectivity index (χ0n) is 11.6. The molecular weight excluding hydrogens is 288 g/mol. The first-order valence-corrected chi connectivity index (χ1v) is 6.27. The van der Waals surface area contributed by atoms with Crippen molar-refractivity contribution in [3.63, 3.8) is 0 Å². The Hall–Kier alpha value is -3.22. The third-order valence-electron chi connectivity index (χ3n) is 3.01. The van der Waals surface area contributed by atoms with Crippen LogP contribution in [0.3, 0.4) is 0 Å². The Bertz CT molecular complexity index is 755. The Morgan fingerprint density at radius 2 is 1.50 bits per heavy atom. The van der Waals surface area contributed by atoms with Gasteiger partial charge in [-0.1, -0.05) is 12.1 Å². The lowest BCUT2D eigenvalue weighted by molar-refractivity contribution is -0.385. The van der Waals surface area contributed by atoms with Crippen LogP contribution in [-0.4, -0.2) is 17.0 Å². The zero-order chi connectivity index (χ0) is 16.1. The Balaban J connectivity index is 2.43. The van der Waals surface area contributed by atoms with E-state index in [1.54, 1.807) is 24.3 Å². The van der Waals surface area contributed by atoms with Crippen molar-refractivity contribution in [2.75, 3.05) is 7.11 Å². The molecule has 112 valence electrons. The highest BCUT2D eigenvalue weighted by Crippen LogP contribution is 2.27. The van der Waals surface area contributed by atoms with Crippen molar-refractivity contribution in [3.05, 3.63) is 73.8 Å². The van der Waals surface area contributed by atoms with E-state index in [9.17, 15) is 20.2 Å². The number of nitro groups is 2. The normalized spacial score (nSPS) is 10.6. The topological polar surface area (TPSA) is 95.5 Å². The van der Waals surface area contributed by atoms with E-state index < -0.39 is 9.85 Å². The molecule has 0 unspecified atom stereocenters. The van der Waals surface area contributed by atoms with Crippen LogP contribution in [0.25, 0.3) is 12.2 Å². The number of hydrogen-bond donors (Lipinski definition) is 0. The second-order valence-electron chi connectivity index (χ2n) is 4.33. The summed E-state index contributed by atoms with van der Waals surface area (Å²) in [6.45, 7) is 0. The molecule has 0 spiro atoms. The zero-order valence-corrected chi connectivity index (χ0v) is 11.6. The molecule has 0 saturated carbocycles.